The maximum Gasteiger partial charge on any atom is 0.338 e. The fourth-order valence-electron chi connectivity index (χ4n) is 3.73. The highest BCUT2D eigenvalue weighted by molar-refractivity contribution is 5.91. The first kappa shape index (κ1) is 20.4. The van der Waals surface area contributed by atoms with Gasteiger partial charge in [0.1, 0.15) is 6.10 Å². The zero-order valence-electron chi connectivity index (χ0n) is 16.5. The van der Waals surface area contributed by atoms with E-state index < -0.39 is 0 Å². The van der Waals surface area contributed by atoms with Gasteiger partial charge in [-0.25, -0.2) is 4.79 Å². The smallest absolute Gasteiger partial charge is 0.338 e. The third-order valence-electron chi connectivity index (χ3n) is 5.11. The number of likely N-dealkylation sites (N-methyl/N-ethyl adjacent to an activating group) is 1. The van der Waals surface area contributed by atoms with Gasteiger partial charge in [0, 0.05) is 6.04 Å². The molecule has 0 saturated heterocycles. The molecule has 0 amide bonds. The number of carbonyl (C=O) groups is 1. The lowest BCUT2D eigenvalue weighted by Crippen LogP contribution is -2.47. The maximum atomic E-state index is 12.8. The Morgan fingerprint density at radius 3 is 2.08 bits per heavy atom. The van der Waals surface area contributed by atoms with Gasteiger partial charge in [0.05, 0.1) is 26.9 Å². The van der Waals surface area contributed by atoms with Crippen molar-refractivity contribution >= 4 is 5.97 Å². The van der Waals surface area contributed by atoms with Gasteiger partial charge in [-0.1, -0.05) is 20.3 Å². The first-order valence-electron chi connectivity index (χ1n) is 9.34. The molecule has 26 heavy (non-hydrogen) atoms. The van der Waals surface area contributed by atoms with E-state index in [0.717, 1.165) is 32.4 Å². The van der Waals surface area contributed by atoms with E-state index >= 15 is 0 Å². The van der Waals surface area contributed by atoms with E-state index in [1.165, 1.54) is 27.8 Å². The lowest BCUT2D eigenvalue weighted by molar-refractivity contribution is -0.0156. The number of carbonyl (C=O) groups excluding carboxylic acids is 1. The molecule has 1 saturated carbocycles. The molecule has 0 aliphatic heterocycles. The van der Waals surface area contributed by atoms with Crippen LogP contribution in [0.15, 0.2) is 12.1 Å². The van der Waals surface area contributed by atoms with E-state index in [0.29, 0.717) is 22.8 Å². The highest BCUT2D eigenvalue weighted by Gasteiger charge is 2.32. The standard InChI is InChI=1S/C20H31NO5/c1-6-21(7-2)15-10-8-9-11-16(15)26-20(22)14-12-17(23-3)19(25-5)18(13-14)24-4/h12-13,15-16H,6-11H2,1-5H3/t15-,16-/m1/s1. The van der Waals surface area contributed by atoms with Gasteiger partial charge in [-0.15, -0.1) is 0 Å². The van der Waals surface area contributed by atoms with Crippen molar-refractivity contribution in [2.24, 2.45) is 0 Å². The van der Waals surface area contributed by atoms with Crippen LogP contribution in [0.3, 0.4) is 0 Å². The summed E-state index contributed by atoms with van der Waals surface area (Å²) in [6.45, 7) is 6.21. The Labute approximate surface area is 156 Å². The Kier molecular flexibility index (Phi) is 7.57. The first-order valence-corrected chi connectivity index (χ1v) is 9.34. The number of ether oxygens (including phenoxy) is 4. The predicted octanol–water partition coefficient (Wildman–Crippen LogP) is 3.52. The van der Waals surface area contributed by atoms with Crippen molar-refractivity contribution in [2.75, 3.05) is 34.4 Å². The highest BCUT2D eigenvalue weighted by Crippen LogP contribution is 2.38. The topological polar surface area (TPSA) is 57.2 Å². The molecule has 2 rings (SSSR count). The number of methoxy groups -OCH3 is 3. The van der Waals surface area contributed by atoms with Crippen LogP contribution >= 0.6 is 0 Å². The van der Waals surface area contributed by atoms with E-state index in [-0.39, 0.29) is 18.1 Å². The molecule has 146 valence electrons. The second kappa shape index (κ2) is 9.67. The maximum absolute atomic E-state index is 12.8. The molecule has 0 spiro atoms. The van der Waals surface area contributed by atoms with E-state index in [1.807, 2.05) is 0 Å². The van der Waals surface area contributed by atoms with Crippen LogP contribution in [0.4, 0.5) is 0 Å². The van der Waals surface area contributed by atoms with Crippen LogP contribution in [0.5, 0.6) is 17.2 Å². The van der Waals surface area contributed by atoms with Crippen LogP contribution in [-0.4, -0.2) is 57.4 Å². The zero-order valence-corrected chi connectivity index (χ0v) is 16.5. The lowest BCUT2D eigenvalue weighted by Gasteiger charge is -2.38. The quantitative estimate of drug-likeness (QED) is 0.657. The number of esters is 1. The van der Waals surface area contributed by atoms with Crippen LogP contribution in [0.25, 0.3) is 0 Å². The molecule has 0 heterocycles. The van der Waals surface area contributed by atoms with Gasteiger partial charge in [0.15, 0.2) is 11.5 Å². The Morgan fingerprint density at radius 1 is 1.00 bits per heavy atom. The molecule has 6 heteroatoms. The van der Waals surface area contributed by atoms with E-state index in [1.54, 1.807) is 12.1 Å². The molecule has 0 aromatic heterocycles. The van der Waals surface area contributed by atoms with Gasteiger partial charge < -0.3 is 18.9 Å². The summed E-state index contributed by atoms with van der Waals surface area (Å²) in [7, 11) is 4.60. The molecule has 2 atom stereocenters. The Hall–Kier alpha value is -1.95. The van der Waals surface area contributed by atoms with Crippen molar-refractivity contribution in [2.45, 2.75) is 51.7 Å². The zero-order chi connectivity index (χ0) is 19.1. The summed E-state index contributed by atoms with van der Waals surface area (Å²) in [6.07, 6.45) is 4.14. The molecular formula is C20H31NO5. The molecule has 1 fully saturated rings. The van der Waals surface area contributed by atoms with Crippen molar-refractivity contribution in [1.82, 2.24) is 4.90 Å². The average molecular weight is 365 g/mol. The monoisotopic (exact) mass is 365 g/mol. The summed E-state index contributed by atoms with van der Waals surface area (Å²) in [5, 5.41) is 0. The van der Waals surface area contributed by atoms with Crippen molar-refractivity contribution in [1.29, 1.82) is 0 Å². The van der Waals surface area contributed by atoms with Crippen LogP contribution < -0.4 is 14.2 Å². The summed E-state index contributed by atoms with van der Waals surface area (Å²) in [5.74, 6) is 1.00. The molecule has 0 N–H and O–H groups in total. The molecule has 6 nitrogen and oxygen atoms in total. The summed E-state index contributed by atoms with van der Waals surface area (Å²) in [4.78, 5) is 15.2. The minimum Gasteiger partial charge on any atom is -0.493 e. The molecule has 1 aliphatic rings. The SMILES string of the molecule is CCN(CC)[C@@H]1CCCC[C@H]1OC(=O)c1cc(OC)c(OC)c(OC)c1. The van der Waals surface area contributed by atoms with E-state index in [9.17, 15) is 4.79 Å². The minimum absolute atomic E-state index is 0.0877. The second-order valence-corrected chi connectivity index (χ2v) is 6.43. The second-order valence-electron chi connectivity index (χ2n) is 6.43. The Bertz CT molecular complexity index is 575. The largest absolute Gasteiger partial charge is 0.493 e. The Balaban J connectivity index is 2.22. The van der Waals surface area contributed by atoms with Crippen molar-refractivity contribution in [3.05, 3.63) is 17.7 Å². The third-order valence-corrected chi connectivity index (χ3v) is 5.11. The van der Waals surface area contributed by atoms with Crippen molar-refractivity contribution in [3.63, 3.8) is 0 Å². The van der Waals surface area contributed by atoms with Crippen LogP contribution in [0.2, 0.25) is 0 Å². The van der Waals surface area contributed by atoms with Gasteiger partial charge in [0.2, 0.25) is 5.75 Å². The highest BCUT2D eigenvalue weighted by atomic mass is 16.5. The van der Waals surface area contributed by atoms with Crippen LogP contribution in [0.1, 0.15) is 49.9 Å². The number of benzene rings is 1. The van der Waals surface area contributed by atoms with Gasteiger partial charge >= 0.3 is 5.97 Å². The molecule has 1 aliphatic carbocycles. The number of rotatable bonds is 8. The van der Waals surface area contributed by atoms with Crippen molar-refractivity contribution in [3.8, 4) is 17.2 Å². The van der Waals surface area contributed by atoms with Gasteiger partial charge in [0.25, 0.3) is 0 Å². The number of hydrogen-bond acceptors (Lipinski definition) is 6. The van der Waals surface area contributed by atoms with Crippen LogP contribution in [0, 0.1) is 0 Å². The first-order chi connectivity index (χ1) is 12.6. The van der Waals surface area contributed by atoms with Gasteiger partial charge in [-0.05, 0) is 44.5 Å². The molecule has 1 aromatic carbocycles. The van der Waals surface area contributed by atoms with E-state index in [4.69, 9.17) is 18.9 Å². The molecule has 0 radical (unpaired) electrons. The minimum atomic E-state index is -0.353. The van der Waals surface area contributed by atoms with Crippen LogP contribution in [-0.2, 0) is 4.74 Å². The lowest BCUT2D eigenvalue weighted by atomic mass is 9.91. The summed E-state index contributed by atoms with van der Waals surface area (Å²) in [6, 6.07) is 3.56. The van der Waals surface area contributed by atoms with E-state index in [2.05, 4.69) is 18.7 Å². The summed E-state index contributed by atoms with van der Waals surface area (Å²) < 4.78 is 21.9. The fourth-order valence-corrected chi connectivity index (χ4v) is 3.73. The van der Waals surface area contributed by atoms with Gasteiger partial charge in [-0.2, -0.15) is 0 Å². The summed E-state index contributed by atoms with van der Waals surface area (Å²) >= 11 is 0. The summed E-state index contributed by atoms with van der Waals surface area (Å²) in [5.41, 5.74) is 0.406. The Morgan fingerprint density at radius 2 is 1.58 bits per heavy atom. The molecular weight excluding hydrogens is 334 g/mol. The molecule has 0 unspecified atom stereocenters. The third kappa shape index (κ3) is 4.41. The molecule has 1 aromatic rings. The normalized spacial score (nSPS) is 19.9. The average Bonchev–Trinajstić information content (AvgIpc) is 2.68. The fraction of sp³-hybridized carbons (Fsp3) is 0.650. The number of nitrogens with zero attached hydrogens (tertiary/aromatic N) is 1. The number of hydrogen-bond donors (Lipinski definition) is 0. The van der Waals surface area contributed by atoms with Gasteiger partial charge in [-0.3, -0.25) is 4.90 Å². The molecule has 0 bridgehead atoms. The van der Waals surface area contributed by atoms with Crippen molar-refractivity contribution < 1.29 is 23.7 Å². The predicted molar refractivity (Wildman–Crippen MR) is 100 cm³/mol.